The number of hydrogen-bond acceptors (Lipinski definition) is 3. The molecule has 0 aliphatic carbocycles. The molecule has 14 heavy (non-hydrogen) atoms. The number of nitrogens with one attached hydrogen (secondary N) is 1. The number of ether oxygens (including phenoxy) is 1. The maximum atomic E-state index is 11.0. The summed E-state index contributed by atoms with van der Waals surface area (Å²) in [5.41, 5.74) is 1.72. The van der Waals surface area contributed by atoms with E-state index in [1.807, 2.05) is 19.9 Å². The van der Waals surface area contributed by atoms with E-state index in [0.717, 1.165) is 17.8 Å². The molecule has 0 spiro atoms. The Bertz CT molecular complexity index is 337. The van der Waals surface area contributed by atoms with Crippen LogP contribution in [-0.2, 0) is 6.42 Å². The van der Waals surface area contributed by atoms with Crippen molar-refractivity contribution in [2.24, 2.45) is 0 Å². The molecular weight excluding hydrogens is 180 g/mol. The number of amides is 1. The molecule has 1 N–H and O–H groups in total. The zero-order chi connectivity index (χ0) is 10.6. The average molecular weight is 194 g/mol. The predicted molar refractivity (Wildman–Crippen MR) is 53.4 cm³/mol. The number of aryl methyl sites for hydroxylation is 2. The number of hydrogen-bond donors (Lipinski definition) is 1. The predicted octanol–water partition coefficient (Wildman–Crippen LogP) is 1.67. The molecule has 4 nitrogen and oxygen atoms in total. The third kappa shape index (κ3) is 2.45. The topological polar surface area (TPSA) is 51.2 Å². The molecule has 0 aromatic carbocycles. The second-order valence-corrected chi connectivity index (χ2v) is 2.89. The fraction of sp³-hybridized carbons (Fsp3) is 0.400. The van der Waals surface area contributed by atoms with Crippen LogP contribution in [0.1, 0.15) is 18.3 Å². The number of nitrogens with zero attached hydrogens (tertiary/aromatic N) is 1. The second-order valence-electron chi connectivity index (χ2n) is 2.89. The first-order valence-electron chi connectivity index (χ1n) is 4.53. The maximum Gasteiger partial charge on any atom is 0.412 e. The minimum Gasteiger partial charge on any atom is -0.408 e. The highest BCUT2D eigenvalue weighted by Crippen LogP contribution is 2.17. The summed E-state index contributed by atoms with van der Waals surface area (Å²) >= 11 is 0. The summed E-state index contributed by atoms with van der Waals surface area (Å²) in [6.45, 7) is 3.88. The minimum absolute atomic E-state index is 0.467. The van der Waals surface area contributed by atoms with Crippen molar-refractivity contribution in [3.8, 4) is 5.75 Å². The van der Waals surface area contributed by atoms with Gasteiger partial charge in [0.05, 0.1) is 5.69 Å². The standard InChI is InChI=1S/C10H14N2O2/c1-4-8-9(14-10(13)11-3)6-5-7(2)12-8/h5-6H,4H2,1-3H3,(H,11,13). The Hall–Kier alpha value is -1.58. The molecule has 0 unspecified atom stereocenters. The van der Waals surface area contributed by atoms with Crippen molar-refractivity contribution < 1.29 is 9.53 Å². The first-order chi connectivity index (χ1) is 6.67. The molecule has 0 bridgehead atoms. The van der Waals surface area contributed by atoms with Crippen molar-refractivity contribution in [2.75, 3.05) is 7.05 Å². The zero-order valence-electron chi connectivity index (χ0n) is 8.63. The van der Waals surface area contributed by atoms with Gasteiger partial charge in [0, 0.05) is 12.7 Å². The van der Waals surface area contributed by atoms with Crippen LogP contribution in [0, 0.1) is 6.92 Å². The molecule has 76 valence electrons. The molecule has 1 amide bonds. The highest BCUT2D eigenvalue weighted by molar-refractivity contribution is 5.70. The lowest BCUT2D eigenvalue weighted by Gasteiger charge is -2.07. The summed E-state index contributed by atoms with van der Waals surface area (Å²) in [6, 6.07) is 3.58. The molecule has 4 heteroatoms. The summed E-state index contributed by atoms with van der Waals surface area (Å²) in [4.78, 5) is 15.2. The first-order valence-corrected chi connectivity index (χ1v) is 4.53. The summed E-state index contributed by atoms with van der Waals surface area (Å²) in [5.74, 6) is 0.525. The van der Waals surface area contributed by atoms with Gasteiger partial charge in [-0.2, -0.15) is 0 Å². The van der Waals surface area contributed by atoms with Crippen LogP contribution in [0.2, 0.25) is 0 Å². The molecule has 0 aliphatic heterocycles. The van der Waals surface area contributed by atoms with Gasteiger partial charge < -0.3 is 10.1 Å². The Balaban J connectivity index is 2.90. The number of carbonyl (C=O) groups excluding carboxylic acids is 1. The average Bonchev–Trinajstić information content (AvgIpc) is 2.20. The molecule has 0 fully saturated rings. The van der Waals surface area contributed by atoms with Crippen LogP contribution < -0.4 is 10.1 Å². The fourth-order valence-corrected chi connectivity index (χ4v) is 1.09. The summed E-state index contributed by atoms with van der Waals surface area (Å²) < 4.78 is 5.03. The van der Waals surface area contributed by atoms with Crippen LogP contribution in [0.4, 0.5) is 4.79 Å². The molecule has 1 aromatic heterocycles. The van der Waals surface area contributed by atoms with Gasteiger partial charge in [0.25, 0.3) is 0 Å². The van der Waals surface area contributed by atoms with Gasteiger partial charge in [-0.3, -0.25) is 4.98 Å². The minimum atomic E-state index is -0.467. The van der Waals surface area contributed by atoms with Crippen LogP contribution in [0.5, 0.6) is 5.75 Å². The number of carbonyl (C=O) groups is 1. The molecule has 1 rings (SSSR count). The molecule has 1 heterocycles. The lowest BCUT2D eigenvalue weighted by molar-refractivity contribution is 0.202. The largest absolute Gasteiger partial charge is 0.412 e. The highest BCUT2D eigenvalue weighted by Gasteiger charge is 2.07. The van der Waals surface area contributed by atoms with Gasteiger partial charge in [-0.05, 0) is 25.5 Å². The van der Waals surface area contributed by atoms with Crippen molar-refractivity contribution in [3.05, 3.63) is 23.5 Å². The third-order valence-electron chi connectivity index (χ3n) is 1.81. The van der Waals surface area contributed by atoms with E-state index in [-0.39, 0.29) is 0 Å². The summed E-state index contributed by atoms with van der Waals surface area (Å²) in [5, 5.41) is 2.39. The van der Waals surface area contributed by atoms with Crippen molar-refractivity contribution in [3.63, 3.8) is 0 Å². The van der Waals surface area contributed by atoms with Gasteiger partial charge in [-0.15, -0.1) is 0 Å². The van der Waals surface area contributed by atoms with Crippen LogP contribution >= 0.6 is 0 Å². The molecule has 0 saturated heterocycles. The first kappa shape index (κ1) is 10.5. The third-order valence-corrected chi connectivity index (χ3v) is 1.81. The monoisotopic (exact) mass is 194 g/mol. The van der Waals surface area contributed by atoms with Gasteiger partial charge in [0.2, 0.25) is 0 Å². The van der Waals surface area contributed by atoms with Crippen LogP contribution in [0.25, 0.3) is 0 Å². The Morgan fingerprint density at radius 2 is 2.29 bits per heavy atom. The van der Waals surface area contributed by atoms with Crippen LogP contribution in [-0.4, -0.2) is 18.1 Å². The fourth-order valence-electron chi connectivity index (χ4n) is 1.09. The molecule has 1 aromatic rings. The SMILES string of the molecule is CCc1nc(C)ccc1OC(=O)NC. The van der Waals surface area contributed by atoms with E-state index in [1.165, 1.54) is 7.05 Å². The lowest BCUT2D eigenvalue weighted by Crippen LogP contribution is -2.22. The summed E-state index contributed by atoms with van der Waals surface area (Å²) in [7, 11) is 1.52. The molecule has 0 aliphatic rings. The Morgan fingerprint density at radius 3 is 2.86 bits per heavy atom. The lowest BCUT2D eigenvalue weighted by atomic mass is 10.2. The second kappa shape index (κ2) is 4.60. The van der Waals surface area contributed by atoms with E-state index in [9.17, 15) is 4.79 Å². The van der Waals surface area contributed by atoms with E-state index < -0.39 is 6.09 Å². The molecular formula is C10H14N2O2. The van der Waals surface area contributed by atoms with Crippen molar-refractivity contribution in [1.29, 1.82) is 0 Å². The van der Waals surface area contributed by atoms with E-state index in [0.29, 0.717) is 5.75 Å². The van der Waals surface area contributed by atoms with Gasteiger partial charge in [-0.1, -0.05) is 6.92 Å². The zero-order valence-corrected chi connectivity index (χ0v) is 8.63. The number of rotatable bonds is 2. The molecule has 0 saturated carbocycles. The van der Waals surface area contributed by atoms with E-state index in [4.69, 9.17) is 4.74 Å². The van der Waals surface area contributed by atoms with Crippen molar-refractivity contribution in [1.82, 2.24) is 10.3 Å². The maximum absolute atomic E-state index is 11.0. The quantitative estimate of drug-likeness (QED) is 0.779. The molecule has 0 atom stereocenters. The Kier molecular flexibility index (Phi) is 3.45. The van der Waals surface area contributed by atoms with Gasteiger partial charge in [-0.25, -0.2) is 4.79 Å². The van der Waals surface area contributed by atoms with Gasteiger partial charge in [0.1, 0.15) is 0 Å². The Labute approximate surface area is 83.3 Å². The van der Waals surface area contributed by atoms with Crippen molar-refractivity contribution in [2.45, 2.75) is 20.3 Å². The highest BCUT2D eigenvalue weighted by atomic mass is 16.6. The van der Waals surface area contributed by atoms with Gasteiger partial charge in [0.15, 0.2) is 5.75 Å². The number of pyridine rings is 1. The van der Waals surface area contributed by atoms with E-state index in [2.05, 4.69) is 10.3 Å². The Morgan fingerprint density at radius 1 is 1.57 bits per heavy atom. The van der Waals surface area contributed by atoms with Gasteiger partial charge >= 0.3 is 6.09 Å². The summed E-state index contributed by atoms with van der Waals surface area (Å²) in [6.07, 6.45) is 0.277. The molecule has 0 radical (unpaired) electrons. The van der Waals surface area contributed by atoms with Crippen LogP contribution in [0.3, 0.4) is 0 Å². The van der Waals surface area contributed by atoms with E-state index in [1.54, 1.807) is 6.07 Å². The van der Waals surface area contributed by atoms with Crippen molar-refractivity contribution >= 4 is 6.09 Å². The van der Waals surface area contributed by atoms with E-state index >= 15 is 0 Å². The normalized spacial score (nSPS) is 9.64. The van der Waals surface area contributed by atoms with Crippen LogP contribution in [0.15, 0.2) is 12.1 Å². The smallest absolute Gasteiger partial charge is 0.408 e. The number of aromatic nitrogens is 1.